The van der Waals surface area contributed by atoms with Gasteiger partial charge in [0, 0.05) is 18.0 Å². The zero-order valence-corrected chi connectivity index (χ0v) is 10.7. The van der Waals surface area contributed by atoms with Gasteiger partial charge in [-0.3, -0.25) is 4.79 Å². The van der Waals surface area contributed by atoms with Crippen LogP contribution in [0.15, 0.2) is 29.2 Å². The van der Waals surface area contributed by atoms with Gasteiger partial charge in [0.15, 0.2) is 0 Å². The quantitative estimate of drug-likeness (QED) is 0.777. The second kappa shape index (κ2) is 5.67. The van der Waals surface area contributed by atoms with Gasteiger partial charge in [0.1, 0.15) is 0 Å². The van der Waals surface area contributed by atoms with Crippen LogP contribution in [0, 0.1) is 12.3 Å². The Labute approximate surface area is 106 Å². The maximum absolute atomic E-state index is 11.8. The predicted molar refractivity (Wildman–Crippen MR) is 68.2 cm³/mol. The molecule has 1 atom stereocenters. The molecule has 1 aromatic carbocycles. The number of carbonyl (C=O) groups excluding carboxylic acids is 1. The second-order valence-electron chi connectivity index (χ2n) is 3.86. The minimum Gasteiger partial charge on any atom is -0.349 e. The first kappa shape index (κ1) is 14.2. The molecule has 0 aliphatic heterocycles. The number of nitrogens with one attached hydrogen (secondary N) is 1. The lowest BCUT2D eigenvalue weighted by molar-refractivity contribution is 0.0940. The third kappa shape index (κ3) is 3.87. The molecule has 0 spiro atoms. The second-order valence-corrected chi connectivity index (χ2v) is 5.42. The molecule has 1 amide bonds. The fourth-order valence-corrected chi connectivity index (χ4v) is 1.91. The van der Waals surface area contributed by atoms with E-state index in [1.54, 1.807) is 6.92 Å². The summed E-state index contributed by atoms with van der Waals surface area (Å²) in [4.78, 5) is 11.7. The Hall–Kier alpha value is -1.84. The van der Waals surface area contributed by atoms with Crippen LogP contribution in [0.5, 0.6) is 0 Å². The molecule has 5 nitrogen and oxygen atoms in total. The summed E-state index contributed by atoms with van der Waals surface area (Å²) in [5.74, 6) is 2.04. The van der Waals surface area contributed by atoms with Crippen molar-refractivity contribution in [1.29, 1.82) is 0 Å². The number of amides is 1. The summed E-state index contributed by atoms with van der Waals surface area (Å²) >= 11 is 0. The number of nitrogens with two attached hydrogens (primary N) is 1. The Bertz CT molecular complexity index is 588. The van der Waals surface area contributed by atoms with E-state index < -0.39 is 10.0 Å². The van der Waals surface area contributed by atoms with E-state index in [4.69, 9.17) is 11.6 Å². The molecule has 1 rings (SSSR count). The highest BCUT2D eigenvalue weighted by molar-refractivity contribution is 7.89. The Morgan fingerprint density at radius 1 is 1.56 bits per heavy atom. The average molecular weight is 266 g/mol. The molecule has 0 saturated heterocycles. The van der Waals surface area contributed by atoms with Crippen molar-refractivity contribution in [3.05, 3.63) is 29.8 Å². The third-order valence-electron chi connectivity index (χ3n) is 2.23. The Morgan fingerprint density at radius 3 is 2.78 bits per heavy atom. The molecule has 6 heteroatoms. The molecule has 0 bridgehead atoms. The van der Waals surface area contributed by atoms with Crippen LogP contribution in [0.3, 0.4) is 0 Å². The average Bonchev–Trinajstić information content (AvgIpc) is 2.28. The molecule has 1 unspecified atom stereocenters. The van der Waals surface area contributed by atoms with Crippen molar-refractivity contribution >= 4 is 15.9 Å². The lowest BCUT2D eigenvalue weighted by Gasteiger charge is -2.11. The first-order valence-electron chi connectivity index (χ1n) is 5.22. The van der Waals surface area contributed by atoms with E-state index in [2.05, 4.69) is 11.2 Å². The fourth-order valence-electron chi connectivity index (χ4n) is 1.35. The maximum atomic E-state index is 11.8. The molecule has 0 aromatic heterocycles. The number of rotatable bonds is 4. The molecule has 0 saturated carbocycles. The van der Waals surface area contributed by atoms with E-state index in [0.717, 1.165) is 0 Å². The molecular formula is C12H14N2O3S. The van der Waals surface area contributed by atoms with Gasteiger partial charge in [-0.15, -0.1) is 12.3 Å². The van der Waals surface area contributed by atoms with Crippen LogP contribution in [-0.2, 0) is 10.0 Å². The summed E-state index contributed by atoms with van der Waals surface area (Å²) in [6.07, 6.45) is 5.53. The first-order chi connectivity index (χ1) is 8.34. The zero-order valence-electron chi connectivity index (χ0n) is 9.88. The molecule has 0 fully saturated rings. The van der Waals surface area contributed by atoms with Crippen LogP contribution in [0.2, 0.25) is 0 Å². The number of primary sulfonamides is 1. The molecule has 0 heterocycles. The van der Waals surface area contributed by atoms with Gasteiger partial charge in [0.05, 0.1) is 4.90 Å². The molecular weight excluding hydrogens is 252 g/mol. The molecule has 1 aromatic rings. The van der Waals surface area contributed by atoms with Crippen LogP contribution < -0.4 is 10.5 Å². The van der Waals surface area contributed by atoms with Crippen molar-refractivity contribution in [1.82, 2.24) is 5.32 Å². The molecule has 18 heavy (non-hydrogen) atoms. The van der Waals surface area contributed by atoms with Gasteiger partial charge in [-0.25, -0.2) is 13.6 Å². The Balaban J connectivity index is 2.92. The summed E-state index contributed by atoms with van der Waals surface area (Å²) in [6, 6.07) is 5.35. The number of hydrogen-bond donors (Lipinski definition) is 2. The van der Waals surface area contributed by atoms with E-state index in [1.807, 2.05) is 0 Å². The summed E-state index contributed by atoms with van der Waals surface area (Å²) in [5, 5.41) is 7.65. The highest BCUT2D eigenvalue weighted by Gasteiger charge is 2.13. The Kier molecular flexibility index (Phi) is 4.48. The minimum atomic E-state index is -3.81. The van der Waals surface area contributed by atoms with E-state index in [1.165, 1.54) is 24.3 Å². The van der Waals surface area contributed by atoms with E-state index in [-0.39, 0.29) is 22.4 Å². The van der Waals surface area contributed by atoms with Crippen LogP contribution in [-0.4, -0.2) is 20.4 Å². The smallest absolute Gasteiger partial charge is 0.251 e. The summed E-state index contributed by atoms with van der Waals surface area (Å²) in [7, 11) is -3.81. The summed E-state index contributed by atoms with van der Waals surface area (Å²) < 4.78 is 22.3. The van der Waals surface area contributed by atoms with Crippen molar-refractivity contribution in [2.75, 3.05) is 0 Å². The van der Waals surface area contributed by atoms with E-state index in [9.17, 15) is 13.2 Å². The highest BCUT2D eigenvalue weighted by Crippen LogP contribution is 2.10. The van der Waals surface area contributed by atoms with Crippen LogP contribution in [0.1, 0.15) is 23.7 Å². The van der Waals surface area contributed by atoms with Crippen LogP contribution >= 0.6 is 0 Å². The van der Waals surface area contributed by atoms with Gasteiger partial charge in [-0.05, 0) is 25.1 Å². The number of sulfonamides is 1. The van der Waals surface area contributed by atoms with Crippen molar-refractivity contribution in [2.45, 2.75) is 24.3 Å². The van der Waals surface area contributed by atoms with Gasteiger partial charge in [-0.2, -0.15) is 0 Å². The topological polar surface area (TPSA) is 89.3 Å². The van der Waals surface area contributed by atoms with Gasteiger partial charge in [-0.1, -0.05) is 6.07 Å². The van der Waals surface area contributed by atoms with Crippen LogP contribution in [0.25, 0.3) is 0 Å². The monoisotopic (exact) mass is 266 g/mol. The number of carbonyl (C=O) groups is 1. The summed E-state index contributed by atoms with van der Waals surface area (Å²) in [6.45, 7) is 1.77. The van der Waals surface area contributed by atoms with Gasteiger partial charge < -0.3 is 5.32 Å². The van der Waals surface area contributed by atoms with Gasteiger partial charge in [0.2, 0.25) is 10.0 Å². The predicted octanol–water partition coefficient (Wildman–Crippen LogP) is 0.476. The maximum Gasteiger partial charge on any atom is 0.251 e. The van der Waals surface area contributed by atoms with Gasteiger partial charge in [0.25, 0.3) is 5.91 Å². The molecule has 0 radical (unpaired) electrons. The number of hydrogen-bond acceptors (Lipinski definition) is 3. The van der Waals surface area contributed by atoms with Crippen LogP contribution in [0.4, 0.5) is 0 Å². The lowest BCUT2D eigenvalue weighted by atomic mass is 10.2. The summed E-state index contributed by atoms with van der Waals surface area (Å²) in [5.41, 5.74) is 0.227. The zero-order chi connectivity index (χ0) is 13.8. The minimum absolute atomic E-state index is 0.0975. The Morgan fingerprint density at radius 2 is 2.22 bits per heavy atom. The molecule has 0 aliphatic carbocycles. The normalized spacial score (nSPS) is 12.5. The molecule has 0 aliphatic rings. The van der Waals surface area contributed by atoms with E-state index >= 15 is 0 Å². The van der Waals surface area contributed by atoms with Crippen molar-refractivity contribution in [2.24, 2.45) is 5.14 Å². The molecule has 3 N–H and O–H groups in total. The fraction of sp³-hybridized carbons (Fsp3) is 0.250. The third-order valence-corrected chi connectivity index (χ3v) is 3.14. The molecule has 96 valence electrons. The number of benzene rings is 1. The van der Waals surface area contributed by atoms with E-state index in [0.29, 0.717) is 6.42 Å². The van der Waals surface area contributed by atoms with Gasteiger partial charge >= 0.3 is 0 Å². The standard InChI is InChI=1S/C12H14N2O3S/c1-3-5-9(2)14-12(15)10-6-4-7-11(8-10)18(13,16)17/h1,4,6-9H,5H2,2H3,(H,14,15)(H2,13,16,17). The van der Waals surface area contributed by atoms with Crippen molar-refractivity contribution < 1.29 is 13.2 Å². The number of terminal acetylenes is 1. The van der Waals surface area contributed by atoms with Crippen molar-refractivity contribution in [3.8, 4) is 12.3 Å². The lowest BCUT2D eigenvalue weighted by Crippen LogP contribution is -2.32. The largest absolute Gasteiger partial charge is 0.349 e. The van der Waals surface area contributed by atoms with Crippen molar-refractivity contribution in [3.63, 3.8) is 0 Å². The SMILES string of the molecule is C#CCC(C)NC(=O)c1cccc(S(N)(=O)=O)c1. The first-order valence-corrected chi connectivity index (χ1v) is 6.76. The highest BCUT2D eigenvalue weighted by atomic mass is 32.2.